The van der Waals surface area contributed by atoms with Crippen molar-refractivity contribution in [1.29, 1.82) is 0 Å². The molecule has 8 nitrogen and oxygen atoms in total. The van der Waals surface area contributed by atoms with E-state index in [0.29, 0.717) is 34.9 Å². The van der Waals surface area contributed by atoms with Crippen LogP contribution in [0.2, 0.25) is 0 Å². The van der Waals surface area contributed by atoms with Crippen molar-refractivity contribution in [2.24, 2.45) is 0 Å². The first kappa shape index (κ1) is 22.3. The lowest BCUT2D eigenvalue weighted by Crippen LogP contribution is -2.20. The van der Waals surface area contributed by atoms with Crippen LogP contribution in [0.4, 0.5) is 0 Å². The van der Waals surface area contributed by atoms with E-state index >= 15 is 0 Å². The zero-order chi connectivity index (χ0) is 23.8. The number of oxazole rings is 1. The van der Waals surface area contributed by atoms with Gasteiger partial charge in [-0.25, -0.2) is 14.8 Å². The van der Waals surface area contributed by atoms with Gasteiger partial charge in [-0.15, -0.1) is 0 Å². The van der Waals surface area contributed by atoms with Gasteiger partial charge in [0, 0.05) is 29.5 Å². The Morgan fingerprint density at radius 2 is 1.97 bits per heavy atom. The molecule has 0 N–H and O–H groups in total. The second kappa shape index (κ2) is 9.06. The smallest absolute Gasteiger partial charge is 0.338 e. The van der Waals surface area contributed by atoms with Crippen LogP contribution in [0.5, 0.6) is 0 Å². The number of aryl methyl sites for hydroxylation is 2. The van der Waals surface area contributed by atoms with Crippen LogP contribution in [0.15, 0.2) is 50.8 Å². The molecule has 0 unspecified atom stereocenters. The normalized spacial score (nSPS) is 13.4. The summed E-state index contributed by atoms with van der Waals surface area (Å²) in [7, 11) is 1.31. The zero-order valence-corrected chi connectivity index (χ0v) is 20.0. The molecule has 34 heavy (non-hydrogen) atoms. The van der Waals surface area contributed by atoms with Crippen molar-refractivity contribution >= 4 is 28.8 Å². The van der Waals surface area contributed by atoms with Gasteiger partial charge >= 0.3 is 5.97 Å². The van der Waals surface area contributed by atoms with Gasteiger partial charge < -0.3 is 13.7 Å². The third-order valence-electron chi connectivity index (χ3n) is 5.89. The molecule has 0 saturated heterocycles. The molecule has 3 heterocycles. The topological polar surface area (TPSA) is 100 Å². The molecule has 0 atom stereocenters. The number of pyridine rings is 1. The van der Waals surface area contributed by atoms with Crippen molar-refractivity contribution in [3.05, 3.63) is 69.5 Å². The minimum absolute atomic E-state index is 0.200. The first-order valence-electron chi connectivity index (χ1n) is 11.2. The highest BCUT2D eigenvalue weighted by molar-refractivity contribution is 7.98. The van der Waals surface area contributed by atoms with Crippen molar-refractivity contribution in [1.82, 2.24) is 19.5 Å². The number of carbonyl (C=O) groups excluding carboxylic acids is 1. The number of rotatable bonds is 7. The monoisotopic (exact) mass is 476 g/mol. The van der Waals surface area contributed by atoms with Gasteiger partial charge in [0.1, 0.15) is 11.4 Å². The van der Waals surface area contributed by atoms with Gasteiger partial charge in [0.25, 0.3) is 5.56 Å². The maximum Gasteiger partial charge on any atom is 0.338 e. The molecular formula is C25H24N4O4S. The van der Waals surface area contributed by atoms with Gasteiger partial charge in [-0.3, -0.25) is 4.79 Å². The Labute approximate surface area is 200 Å². The van der Waals surface area contributed by atoms with Crippen LogP contribution >= 0.6 is 11.8 Å². The molecule has 174 valence electrons. The molecule has 9 heteroatoms. The summed E-state index contributed by atoms with van der Waals surface area (Å²) in [6.07, 6.45) is 2.05. The van der Waals surface area contributed by atoms with Gasteiger partial charge in [0.15, 0.2) is 5.16 Å². The van der Waals surface area contributed by atoms with E-state index in [2.05, 4.69) is 9.97 Å². The Balaban J connectivity index is 1.54. The minimum Gasteiger partial charge on any atom is -0.465 e. The number of nitrogens with zero attached hydrogens (tertiary/aromatic N) is 4. The lowest BCUT2D eigenvalue weighted by molar-refractivity contribution is 0.0602. The molecule has 1 saturated carbocycles. The third-order valence-corrected chi connectivity index (χ3v) is 6.87. The maximum atomic E-state index is 13.1. The summed E-state index contributed by atoms with van der Waals surface area (Å²) in [6.45, 7) is 4.39. The van der Waals surface area contributed by atoms with E-state index in [1.54, 1.807) is 6.07 Å². The Bertz CT molecular complexity index is 1440. The van der Waals surface area contributed by atoms with Crippen LogP contribution in [0.1, 0.15) is 53.2 Å². The second-order valence-corrected chi connectivity index (χ2v) is 9.12. The summed E-state index contributed by atoms with van der Waals surface area (Å²) >= 11 is 1.40. The molecule has 3 aromatic heterocycles. The summed E-state index contributed by atoms with van der Waals surface area (Å²) in [5.41, 5.74) is 2.72. The number of ether oxygens (including phenoxy) is 1. The van der Waals surface area contributed by atoms with Crippen molar-refractivity contribution in [3.8, 4) is 11.5 Å². The molecule has 1 aromatic carbocycles. The van der Waals surface area contributed by atoms with Gasteiger partial charge in [0.05, 0.1) is 23.8 Å². The summed E-state index contributed by atoms with van der Waals surface area (Å²) in [5, 5.41) is 0.728. The van der Waals surface area contributed by atoms with Gasteiger partial charge in [0.2, 0.25) is 5.89 Å². The highest BCUT2D eigenvalue weighted by Gasteiger charge is 2.29. The van der Waals surface area contributed by atoms with Crippen LogP contribution in [0, 0.1) is 6.92 Å². The Morgan fingerprint density at radius 1 is 1.21 bits per heavy atom. The van der Waals surface area contributed by atoms with E-state index in [9.17, 15) is 9.59 Å². The SMILES string of the molecule is CCn1c(SCc2nc(-c3ccccc3)oc2C)nc(=O)c2c(C(=O)OC)cc(C3CC3)nc21. The highest BCUT2D eigenvalue weighted by Crippen LogP contribution is 2.40. The Morgan fingerprint density at radius 3 is 2.65 bits per heavy atom. The van der Waals surface area contributed by atoms with Gasteiger partial charge in [-0.05, 0) is 44.9 Å². The van der Waals surface area contributed by atoms with E-state index in [1.165, 1.54) is 18.9 Å². The fourth-order valence-corrected chi connectivity index (χ4v) is 4.96. The average molecular weight is 477 g/mol. The van der Waals surface area contributed by atoms with Crippen LogP contribution in [0.3, 0.4) is 0 Å². The van der Waals surface area contributed by atoms with Crippen LogP contribution in [0.25, 0.3) is 22.5 Å². The lowest BCUT2D eigenvalue weighted by atomic mass is 10.1. The molecule has 0 amide bonds. The molecule has 0 aliphatic heterocycles. The van der Waals surface area contributed by atoms with Gasteiger partial charge in [-0.2, -0.15) is 4.98 Å². The van der Waals surface area contributed by atoms with Gasteiger partial charge in [-0.1, -0.05) is 30.0 Å². The predicted molar refractivity (Wildman–Crippen MR) is 129 cm³/mol. The molecule has 0 radical (unpaired) electrons. The molecule has 1 fully saturated rings. The number of hydrogen-bond donors (Lipinski definition) is 0. The number of hydrogen-bond acceptors (Lipinski definition) is 8. The van der Waals surface area contributed by atoms with Crippen LogP contribution in [-0.2, 0) is 17.0 Å². The maximum absolute atomic E-state index is 13.1. The molecule has 1 aliphatic rings. The van der Waals surface area contributed by atoms with Crippen molar-refractivity contribution < 1.29 is 13.9 Å². The van der Waals surface area contributed by atoms with E-state index in [0.717, 1.165) is 35.6 Å². The summed E-state index contributed by atoms with van der Waals surface area (Å²) < 4.78 is 12.7. The molecule has 4 aromatic rings. The van der Waals surface area contributed by atoms with E-state index < -0.39 is 11.5 Å². The number of fused-ring (bicyclic) bond motifs is 1. The van der Waals surface area contributed by atoms with E-state index in [-0.39, 0.29) is 10.9 Å². The molecular weight excluding hydrogens is 452 g/mol. The Hall–Kier alpha value is -3.46. The number of carbonyl (C=O) groups is 1. The zero-order valence-electron chi connectivity index (χ0n) is 19.2. The first-order valence-corrected chi connectivity index (χ1v) is 12.2. The summed E-state index contributed by atoms with van der Waals surface area (Å²) in [5.74, 6) is 1.52. The number of benzene rings is 1. The lowest BCUT2D eigenvalue weighted by Gasteiger charge is -2.15. The summed E-state index contributed by atoms with van der Waals surface area (Å²) in [4.78, 5) is 39.3. The Kier molecular flexibility index (Phi) is 5.95. The second-order valence-electron chi connectivity index (χ2n) is 8.18. The van der Waals surface area contributed by atoms with E-state index in [4.69, 9.17) is 14.1 Å². The van der Waals surface area contributed by atoms with Crippen molar-refractivity contribution in [3.63, 3.8) is 0 Å². The number of aromatic nitrogens is 4. The highest BCUT2D eigenvalue weighted by atomic mass is 32.2. The average Bonchev–Trinajstić information content (AvgIpc) is 3.64. The standard InChI is InChI=1S/C25H24N4O4S/c1-4-29-21-20(17(24(31)32-3)12-18(26-21)15-10-11-15)22(30)28-25(29)34-13-19-14(2)33-23(27-19)16-8-6-5-7-9-16/h5-9,12,15H,4,10-11,13H2,1-3H3. The third kappa shape index (κ3) is 4.11. The molecule has 0 bridgehead atoms. The molecule has 1 aliphatic carbocycles. The van der Waals surface area contributed by atoms with Crippen molar-refractivity contribution in [2.45, 2.75) is 50.1 Å². The van der Waals surface area contributed by atoms with E-state index in [1.807, 2.05) is 48.7 Å². The largest absolute Gasteiger partial charge is 0.465 e. The number of thioether (sulfide) groups is 1. The number of methoxy groups -OCH3 is 1. The number of esters is 1. The molecule has 5 rings (SSSR count). The minimum atomic E-state index is -0.553. The van der Waals surface area contributed by atoms with Crippen molar-refractivity contribution in [2.75, 3.05) is 7.11 Å². The summed E-state index contributed by atoms with van der Waals surface area (Å²) in [6, 6.07) is 11.4. The van der Waals surface area contributed by atoms with Crippen LogP contribution in [-0.4, -0.2) is 32.6 Å². The fourth-order valence-electron chi connectivity index (χ4n) is 3.90. The van der Waals surface area contributed by atoms with Crippen LogP contribution < -0.4 is 5.56 Å². The first-order chi connectivity index (χ1) is 16.5. The fraction of sp³-hybridized carbons (Fsp3) is 0.320. The quantitative estimate of drug-likeness (QED) is 0.214. The predicted octanol–water partition coefficient (Wildman–Crippen LogP) is 4.73. The molecule has 0 spiro atoms.